The van der Waals surface area contributed by atoms with Crippen molar-refractivity contribution >= 4 is 40.7 Å². The first-order valence-electron chi connectivity index (χ1n) is 6.87. The van der Waals surface area contributed by atoms with Crippen molar-refractivity contribution < 1.29 is 19.0 Å². The molecule has 0 radical (unpaired) electrons. The molecule has 1 aromatic heterocycles. The van der Waals surface area contributed by atoms with Gasteiger partial charge in [-0.15, -0.1) is 0 Å². The molecule has 128 valence electrons. The molecule has 0 aliphatic rings. The second kappa shape index (κ2) is 7.99. The van der Waals surface area contributed by atoms with Crippen LogP contribution in [0.15, 0.2) is 23.4 Å². The zero-order valence-corrected chi connectivity index (χ0v) is 15.6. The number of hydrogen-bond acceptors (Lipinski definition) is 7. The Balaban J connectivity index is 2.25. The SMILES string of the molecule is COC(=O)COc1c(I)cc(C=Nn2cc(C)nc2N)cc1OC. The number of halogens is 1. The summed E-state index contributed by atoms with van der Waals surface area (Å²) >= 11 is 2.10. The van der Waals surface area contributed by atoms with E-state index in [0.29, 0.717) is 17.4 Å². The van der Waals surface area contributed by atoms with E-state index in [-0.39, 0.29) is 6.61 Å². The molecular weight excluding hydrogens is 427 g/mol. The number of aryl methyl sites for hydroxylation is 1. The number of aromatic nitrogens is 2. The van der Waals surface area contributed by atoms with Crippen LogP contribution >= 0.6 is 22.6 Å². The van der Waals surface area contributed by atoms with Gasteiger partial charge in [0.2, 0.25) is 5.95 Å². The lowest BCUT2D eigenvalue weighted by molar-refractivity contribution is -0.142. The molecule has 0 atom stereocenters. The molecule has 2 rings (SSSR count). The van der Waals surface area contributed by atoms with Gasteiger partial charge in [-0.2, -0.15) is 5.10 Å². The number of nitrogens with two attached hydrogens (primary N) is 1. The number of carbonyl (C=O) groups is 1. The first-order chi connectivity index (χ1) is 11.4. The summed E-state index contributed by atoms with van der Waals surface area (Å²) in [5.74, 6) is 0.800. The third kappa shape index (κ3) is 4.37. The molecule has 0 amide bonds. The molecule has 1 aromatic carbocycles. The number of methoxy groups -OCH3 is 2. The molecule has 8 nitrogen and oxygen atoms in total. The van der Waals surface area contributed by atoms with Crippen LogP contribution in [0.3, 0.4) is 0 Å². The van der Waals surface area contributed by atoms with Crippen LogP contribution in [0, 0.1) is 10.5 Å². The largest absolute Gasteiger partial charge is 0.493 e. The quantitative estimate of drug-likeness (QED) is 0.415. The molecule has 0 spiro atoms. The van der Waals surface area contributed by atoms with Crippen molar-refractivity contribution in [1.29, 1.82) is 0 Å². The number of rotatable bonds is 6. The standard InChI is InChI=1S/C15H17IN4O4/c1-9-7-20(15(17)19-9)18-6-10-4-11(16)14(12(5-10)22-2)24-8-13(21)23-3/h4-7H,8H2,1-3H3,(H2,17,19). The van der Waals surface area contributed by atoms with Crippen LogP contribution < -0.4 is 15.2 Å². The lowest BCUT2D eigenvalue weighted by Crippen LogP contribution is -2.13. The first-order valence-corrected chi connectivity index (χ1v) is 7.95. The average molecular weight is 444 g/mol. The fraction of sp³-hybridized carbons (Fsp3) is 0.267. The molecule has 2 aromatic rings. The van der Waals surface area contributed by atoms with Gasteiger partial charge in [0.25, 0.3) is 0 Å². The minimum absolute atomic E-state index is 0.193. The second-order valence-electron chi connectivity index (χ2n) is 4.73. The zero-order valence-electron chi connectivity index (χ0n) is 13.4. The van der Waals surface area contributed by atoms with Gasteiger partial charge in [0.1, 0.15) is 0 Å². The molecule has 24 heavy (non-hydrogen) atoms. The van der Waals surface area contributed by atoms with E-state index in [1.807, 2.05) is 13.0 Å². The summed E-state index contributed by atoms with van der Waals surface area (Å²) in [6, 6.07) is 3.59. The Hall–Kier alpha value is -2.30. The lowest BCUT2D eigenvalue weighted by Gasteiger charge is -2.12. The molecule has 0 aliphatic carbocycles. The molecule has 0 saturated heterocycles. The lowest BCUT2D eigenvalue weighted by atomic mass is 10.2. The number of benzene rings is 1. The summed E-state index contributed by atoms with van der Waals surface area (Å²) in [6.07, 6.45) is 3.36. The van der Waals surface area contributed by atoms with Gasteiger partial charge >= 0.3 is 5.97 Å². The number of anilines is 1. The van der Waals surface area contributed by atoms with Crippen LogP contribution in [0.2, 0.25) is 0 Å². The third-order valence-corrected chi connectivity index (χ3v) is 3.78. The molecule has 0 fully saturated rings. The van der Waals surface area contributed by atoms with Crippen LogP contribution in [-0.4, -0.2) is 42.7 Å². The number of carbonyl (C=O) groups excluding carboxylic acids is 1. The fourth-order valence-electron chi connectivity index (χ4n) is 1.87. The number of hydrogen-bond donors (Lipinski definition) is 1. The highest BCUT2D eigenvalue weighted by atomic mass is 127. The van der Waals surface area contributed by atoms with E-state index in [1.54, 1.807) is 18.5 Å². The van der Waals surface area contributed by atoms with Crippen molar-refractivity contribution in [3.05, 3.63) is 33.2 Å². The average Bonchev–Trinajstić information content (AvgIpc) is 2.88. The van der Waals surface area contributed by atoms with Crippen molar-refractivity contribution in [2.75, 3.05) is 26.6 Å². The molecule has 0 bridgehead atoms. The molecule has 2 N–H and O–H groups in total. The second-order valence-corrected chi connectivity index (χ2v) is 5.89. The van der Waals surface area contributed by atoms with Gasteiger partial charge < -0.3 is 19.9 Å². The number of imidazole rings is 1. The highest BCUT2D eigenvalue weighted by Gasteiger charge is 2.13. The predicted octanol–water partition coefficient (Wildman–Crippen LogP) is 1.82. The highest BCUT2D eigenvalue weighted by molar-refractivity contribution is 14.1. The topological polar surface area (TPSA) is 101 Å². The van der Waals surface area contributed by atoms with Gasteiger partial charge in [-0.1, -0.05) is 0 Å². The Labute approximate surface area is 152 Å². The number of ether oxygens (including phenoxy) is 3. The maximum absolute atomic E-state index is 11.2. The fourth-order valence-corrected chi connectivity index (χ4v) is 2.65. The van der Waals surface area contributed by atoms with E-state index in [4.69, 9.17) is 15.2 Å². The maximum atomic E-state index is 11.2. The monoisotopic (exact) mass is 444 g/mol. The summed E-state index contributed by atoms with van der Waals surface area (Å²) in [5, 5.41) is 4.26. The van der Waals surface area contributed by atoms with E-state index in [0.717, 1.165) is 14.8 Å². The molecular formula is C15H17IN4O4. The Morgan fingerprint density at radius 2 is 2.21 bits per heavy atom. The summed E-state index contributed by atoms with van der Waals surface area (Å²) < 4.78 is 17.6. The van der Waals surface area contributed by atoms with Crippen LogP contribution in [0.5, 0.6) is 11.5 Å². The van der Waals surface area contributed by atoms with Gasteiger partial charge in [0, 0.05) is 0 Å². The third-order valence-electron chi connectivity index (χ3n) is 2.98. The minimum Gasteiger partial charge on any atom is -0.493 e. The number of nitrogen functional groups attached to an aromatic ring is 1. The summed E-state index contributed by atoms with van der Waals surface area (Å²) in [5.41, 5.74) is 7.31. The Bertz CT molecular complexity index is 773. The highest BCUT2D eigenvalue weighted by Crippen LogP contribution is 2.33. The van der Waals surface area contributed by atoms with Crippen molar-refractivity contribution in [3.63, 3.8) is 0 Å². The van der Waals surface area contributed by atoms with E-state index in [9.17, 15) is 4.79 Å². The normalized spacial score (nSPS) is 10.8. The molecule has 0 aliphatic heterocycles. The van der Waals surface area contributed by atoms with Gasteiger partial charge in [0.05, 0.1) is 35.9 Å². The Morgan fingerprint density at radius 3 is 2.79 bits per heavy atom. The Kier molecular flexibility index (Phi) is 6.01. The summed E-state index contributed by atoms with van der Waals surface area (Å²) in [6.45, 7) is 1.64. The van der Waals surface area contributed by atoms with E-state index in [2.05, 4.69) is 37.4 Å². The van der Waals surface area contributed by atoms with Crippen molar-refractivity contribution in [2.45, 2.75) is 6.92 Å². The van der Waals surface area contributed by atoms with Gasteiger partial charge in [-0.3, -0.25) is 0 Å². The van der Waals surface area contributed by atoms with Crippen LogP contribution in [-0.2, 0) is 9.53 Å². The predicted molar refractivity (Wildman–Crippen MR) is 97.6 cm³/mol. The first kappa shape index (κ1) is 18.0. The molecule has 9 heteroatoms. The molecule has 1 heterocycles. The maximum Gasteiger partial charge on any atom is 0.343 e. The van der Waals surface area contributed by atoms with E-state index < -0.39 is 5.97 Å². The van der Waals surface area contributed by atoms with Gasteiger partial charge in [-0.25, -0.2) is 14.5 Å². The van der Waals surface area contributed by atoms with Crippen LogP contribution in [0.25, 0.3) is 0 Å². The van der Waals surface area contributed by atoms with Crippen molar-refractivity contribution in [3.8, 4) is 11.5 Å². The smallest absolute Gasteiger partial charge is 0.343 e. The van der Waals surface area contributed by atoms with Crippen LogP contribution in [0.1, 0.15) is 11.3 Å². The van der Waals surface area contributed by atoms with E-state index >= 15 is 0 Å². The summed E-state index contributed by atoms with van der Waals surface area (Å²) in [7, 11) is 2.82. The number of nitrogens with zero attached hydrogens (tertiary/aromatic N) is 3. The van der Waals surface area contributed by atoms with Crippen LogP contribution in [0.4, 0.5) is 5.95 Å². The summed E-state index contributed by atoms with van der Waals surface area (Å²) in [4.78, 5) is 15.3. The van der Waals surface area contributed by atoms with Gasteiger partial charge in [-0.05, 0) is 47.2 Å². The molecule has 0 unspecified atom stereocenters. The zero-order chi connectivity index (χ0) is 17.7. The Morgan fingerprint density at radius 1 is 1.46 bits per heavy atom. The minimum atomic E-state index is -0.468. The van der Waals surface area contributed by atoms with E-state index in [1.165, 1.54) is 18.9 Å². The molecule has 0 saturated carbocycles. The van der Waals surface area contributed by atoms with Crippen molar-refractivity contribution in [2.24, 2.45) is 5.10 Å². The number of esters is 1. The van der Waals surface area contributed by atoms with Crippen molar-refractivity contribution in [1.82, 2.24) is 9.66 Å². The van der Waals surface area contributed by atoms with Gasteiger partial charge in [0.15, 0.2) is 18.1 Å².